The Morgan fingerprint density at radius 3 is 2.67 bits per heavy atom. The molecule has 3 nitrogen and oxygen atoms in total. The molecule has 0 bridgehead atoms. The Bertz CT molecular complexity index is 392. The molecule has 1 atom stereocenters. The molecular formula is C10H10ClFO3. The zero-order valence-corrected chi connectivity index (χ0v) is 9.01. The van der Waals surface area contributed by atoms with Crippen molar-refractivity contribution in [1.82, 2.24) is 0 Å². The van der Waals surface area contributed by atoms with Gasteiger partial charge in [0, 0.05) is 5.56 Å². The predicted molar refractivity (Wildman–Crippen MR) is 54.0 cm³/mol. The van der Waals surface area contributed by atoms with E-state index in [1.807, 2.05) is 0 Å². The van der Waals surface area contributed by atoms with Crippen LogP contribution in [0.1, 0.15) is 18.4 Å². The molecule has 82 valence electrons. The number of ether oxygens (including phenoxy) is 1. The third kappa shape index (κ3) is 2.21. The zero-order valence-electron chi connectivity index (χ0n) is 8.25. The van der Waals surface area contributed by atoms with Crippen molar-refractivity contribution in [1.29, 1.82) is 0 Å². The van der Waals surface area contributed by atoms with E-state index in [4.69, 9.17) is 21.4 Å². The minimum Gasteiger partial charge on any atom is -0.495 e. The fourth-order valence-corrected chi connectivity index (χ4v) is 1.48. The second-order valence-corrected chi connectivity index (χ2v) is 3.42. The van der Waals surface area contributed by atoms with Gasteiger partial charge in [0.1, 0.15) is 16.6 Å². The maximum Gasteiger partial charge on any atom is 0.310 e. The molecule has 0 saturated carbocycles. The van der Waals surface area contributed by atoms with Gasteiger partial charge in [0.05, 0.1) is 13.0 Å². The normalized spacial score (nSPS) is 12.3. The van der Waals surface area contributed by atoms with Crippen LogP contribution in [-0.2, 0) is 4.79 Å². The standard InChI is InChI=1S/C10H10ClFO3/c1-5(10(13)14)6-3-4-7(12)8(11)9(6)15-2/h3-5H,1-2H3,(H,13,14). The molecule has 0 spiro atoms. The van der Waals surface area contributed by atoms with Gasteiger partial charge in [-0.2, -0.15) is 0 Å². The van der Waals surface area contributed by atoms with Crippen LogP contribution in [0.5, 0.6) is 5.75 Å². The number of hydrogen-bond donors (Lipinski definition) is 1. The highest BCUT2D eigenvalue weighted by Crippen LogP contribution is 2.35. The summed E-state index contributed by atoms with van der Waals surface area (Å²) >= 11 is 5.65. The van der Waals surface area contributed by atoms with E-state index in [2.05, 4.69) is 0 Å². The predicted octanol–water partition coefficient (Wildman–Crippen LogP) is 2.68. The number of rotatable bonds is 3. The Labute approximate surface area is 91.4 Å². The topological polar surface area (TPSA) is 46.5 Å². The number of carboxylic acids is 1. The molecule has 1 aromatic carbocycles. The molecule has 1 N–H and O–H groups in total. The molecule has 1 rings (SSSR count). The number of benzene rings is 1. The number of aliphatic carboxylic acids is 1. The monoisotopic (exact) mass is 232 g/mol. The van der Waals surface area contributed by atoms with Crippen molar-refractivity contribution in [2.45, 2.75) is 12.8 Å². The van der Waals surface area contributed by atoms with Gasteiger partial charge in [-0.1, -0.05) is 17.7 Å². The maximum absolute atomic E-state index is 13.1. The fourth-order valence-electron chi connectivity index (χ4n) is 1.23. The molecule has 1 aromatic rings. The van der Waals surface area contributed by atoms with Crippen molar-refractivity contribution >= 4 is 17.6 Å². The van der Waals surface area contributed by atoms with E-state index in [1.165, 1.54) is 20.1 Å². The van der Waals surface area contributed by atoms with Gasteiger partial charge in [0.2, 0.25) is 0 Å². The van der Waals surface area contributed by atoms with Crippen molar-refractivity contribution in [2.24, 2.45) is 0 Å². The molecule has 0 amide bonds. The van der Waals surface area contributed by atoms with Crippen LogP contribution in [0.2, 0.25) is 5.02 Å². The summed E-state index contributed by atoms with van der Waals surface area (Å²) in [4.78, 5) is 10.8. The van der Waals surface area contributed by atoms with E-state index in [1.54, 1.807) is 0 Å². The quantitative estimate of drug-likeness (QED) is 0.872. The molecule has 1 unspecified atom stereocenters. The molecular weight excluding hydrogens is 223 g/mol. The Kier molecular flexibility index (Phi) is 3.52. The highest BCUT2D eigenvalue weighted by Gasteiger charge is 2.21. The Hall–Kier alpha value is -1.29. The van der Waals surface area contributed by atoms with Crippen molar-refractivity contribution in [3.63, 3.8) is 0 Å². The first-order valence-corrected chi connectivity index (χ1v) is 4.61. The molecule has 0 aliphatic rings. The summed E-state index contributed by atoms with van der Waals surface area (Å²) in [6.07, 6.45) is 0. The number of carbonyl (C=O) groups is 1. The minimum absolute atomic E-state index is 0.0755. The summed E-state index contributed by atoms with van der Waals surface area (Å²) in [6.45, 7) is 1.48. The fraction of sp³-hybridized carbons (Fsp3) is 0.300. The Morgan fingerprint density at radius 1 is 1.60 bits per heavy atom. The van der Waals surface area contributed by atoms with E-state index < -0.39 is 17.7 Å². The summed E-state index contributed by atoms with van der Waals surface area (Å²) in [5, 5.41) is 8.63. The molecule has 15 heavy (non-hydrogen) atoms. The van der Waals surface area contributed by atoms with Crippen LogP contribution >= 0.6 is 11.6 Å². The van der Waals surface area contributed by atoms with Crippen molar-refractivity contribution in [3.8, 4) is 5.75 Å². The smallest absolute Gasteiger partial charge is 0.310 e. The highest BCUT2D eigenvalue weighted by molar-refractivity contribution is 6.32. The lowest BCUT2D eigenvalue weighted by atomic mass is 10.0. The average molecular weight is 233 g/mol. The van der Waals surface area contributed by atoms with Gasteiger partial charge in [0.15, 0.2) is 0 Å². The lowest BCUT2D eigenvalue weighted by Gasteiger charge is -2.13. The van der Waals surface area contributed by atoms with Crippen LogP contribution in [0.4, 0.5) is 4.39 Å². The second-order valence-electron chi connectivity index (χ2n) is 3.04. The van der Waals surface area contributed by atoms with Crippen LogP contribution in [-0.4, -0.2) is 18.2 Å². The third-order valence-corrected chi connectivity index (χ3v) is 2.47. The maximum atomic E-state index is 13.1. The molecule has 0 aliphatic carbocycles. The van der Waals surface area contributed by atoms with Crippen LogP contribution in [0, 0.1) is 5.82 Å². The Balaban J connectivity index is 3.30. The van der Waals surface area contributed by atoms with Gasteiger partial charge < -0.3 is 9.84 Å². The first-order valence-electron chi connectivity index (χ1n) is 4.23. The molecule has 0 saturated heterocycles. The van der Waals surface area contributed by atoms with Gasteiger partial charge >= 0.3 is 5.97 Å². The summed E-state index contributed by atoms with van der Waals surface area (Å²) in [6, 6.07) is 2.48. The third-order valence-electron chi connectivity index (χ3n) is 2.12. The van der Waals surface area contributed by atoms with Crippen LogP contribution < -0.4 is 4.74 Å². The van der Waals surface area contributed by atoms with E-state index in [-0.39, 0.29) is 10.8 Å². The van der Waals surface area contributed by atoms with E-state index in [9.17, 15) is 9.18 Å². The molecule has 0 heterocycles. The number of hydrogen-bond acceptors (Lipinski definition) is 2. The lowest BCUT2D eigenvalue weighted by Crippen LogP contribution is -2.09. The van der Waals surface area contributed by atoms with E-state index in [0.717, 1.165) is 6.07 Å². The number of carboxylic acid groups (broad SMARTS) is 1. The first-order chi connectivity index (χ1) is 6.99. The van der Waals surface area contributed by atoms with Crippen molar-refractivity contribution < 1.29 is 19.0 Å². The number of methoxy groups -OCH3 is 1. The molecule has 0 fully saturated rings. The van der Waals surface area contributed by atoms with Gasteiger partial charge in [-0.15, -0.1) is 0 Å². The van der Waals surface area contributed by atoms with Crippen LogP contribution in [0.3, 0.4) is 0 Å². The van der Waals surface area contributed by atoms with Gasteiger partial charge in [0.25, 0.3) is 0 Å². The van der Waals surface area contributed by atoms with Gasteiger partial charge in [-0.05, 0) is 13.0 Å². The SMILES string of the molecule is COc1c(C(C)C(=O)O)ccc(F)c1Cl. The summed E-state index contributed by atoms with van der Waals surface area (Å²) in [7, 11) is 1.32. The van der Waals surface area contributed by atoms with Crippen LogP contribution in [0.25, 0.3) is 0 Å². The van der Waals surface area contributed by atoms with E-state index in [0.29, 0.717) is 5.56 Å². The van der Waals surface area contributed by atoms with Gasteiger partial charge in [-0.25, -0.2) is 4.39 Å². The Morgan fingerprint density at radius 2 is 2.20 bits per heavy atom. The molecule has 0 radical (unpaired) electrons. The largest absolute Gasteiger partial charge is 0.495 e. The average Bonchev–Trinajstić information content (AvgIpc) is 2.20. The van der Waals surface area contributed by atoms with Crippen molar-refractivity contribution in [2.75, 3.05) is 7.11 Å². The zero-order chi connectivity index (χ0) is 11.6. The summed E-state index contributed by atoms with van der Waals surface area (Å²) in [5.41, 5.74) is 0.358. The van der Waals surface area contributed by atoms with Crippen LogP contribution in [0.15, 0.2) is 12.1 Å². The van der Waals surface area contributed by atoms with Crippen molar-refractivity contribution in [3.05, 3.63) is 28.5 Å². The number of halogens is 2. The minimum atomic E-state index is -1.02. The lowest BCUT2D eigenvalue weighted by molar-refractivity contribution is -0.138. The molecule has 5 heteroatoms. The molecule has 0 aromatic heterocycles. The second kappa shape index (κ2) is 4.49. The molecule has 0 aliphatic heterocycles. The summed E-state index contributed by atoms with van der Waals surface area (Å²) < 4.78 is 17.9. The van der Waals surface area contributed by atoms with E-state index >= 15 is 0 Å². The first kappa shape index (κ1) is 11.8. The van der Waals surface area contributed by atoms with Gasteiger partial charge in [-0.3, -0.25) is 4.79 Å². The highest BCUT2D eigenvalue weighted by atomic mass is 35.5. The summed E-state index contributed by atoms with van der Waals surface area (Å²) in [5.74, 6) is -2.37.